The van der Waals surface area contributed by atoms with Crippen LogP contribution < -0.4 is 10.6 Å². The van der Waals surface area contributed by atoms with Gasteiger partial charge >= 0.3 is 17.4 Å². The van der Waals surface area contributed by atoms with Gasteiger partial charge in [-0.2, -0.15) is 4.21 Å². The largest absolute Gasteiger partial charge is 0.373 e. The van der Waals surface area contributed by atoms with Gasteiger partial charge in [-0.25, -0.2) is 10.1 Å². The summed E-state index contributed by atoms with van der Waals surface area (Å²) < 4.78 is 31.5. The molecule has 3 rings (SSSR count). The Balaban J connectivity index is 1.57. The number of hydrogen-bond donors (Lipinski definition) is 3. The lowest BCUT2D eigenvalue weighted by molar-refractivity contribution is -0.148. The summed E-state index contributed by atoms with van der Waals surface area (Å²) in [7, 11) is 0. The van der Waals surface area contributed by atoms with E-state index < -0.39 is 29.7 Å². The molecule has 1 aliphatic rings. The van der Waals surface area contributed by atoms with Crippen molar-refractivity contribution >= 4 is 23.1 Å². The lowest BCUT2D eigenvalue weighted by Gasteiger charge is -2.35. The summed E-state index contributed by atoms with van der Waals surface area (Å²) in [6.45, 7) is 0.310. The first-order valence-electron chi connectivity index (χ1n) is 9.43. The van der Waals surface area contributed by atoms with Crippen molar-refractivity contribution in [1.82, 2.24) is 5.32 Å². The third-order valence-electron chi connectivity index (χ3n) is 4.42. The molecule has 30 heavy (non-hydrogen) atoms. The minimum absolute atomic E-state index is 0.100. The number of rotatable bonds is 9. The Hall–Kier alpha value is -2.34. The molecule has 1 fully saturated rings. The van der Waals surface area contributed by atoms with Crippen LogP contribution in [0.1, 0.15) is 18.4 Å². The number of ether oxygens (including phenoxy) is 2. The first kappa shape index (κ1) is 22.3. The van der Waals surface area contributed by atoms with Crippen molar-refractivity contribution in [2.24, 2.45) is 0 Å². The molecule has 2 amide bonds. The number of benzene rings is 2. The van der Waals surface area contributed by atoms with E-state index in [2.05, 4.69) is 15.0 Å². The quantitative estimate of drug-likeness (QED) is 0.409. The molecule has 1 saturated heterocycles. The first-order chi connectivity index (χ1) is 14.6. The fraction of sp³-hybridized carbons (Fsp3) is 0.350. The predicted octanol–water partition coefficient (Wildman–Crippen LogP) is 2.98. The molecule has 1 heterocycles. The molecular weight excluding hydrogens is 412 g/mol. The maximum Gasteiger partial charge on any atom is 0.333 e. The first-order valence-corrected chi connectivity index (χ1v) is 10.4. The van der Waals surface area contributed by atoms with Gasteiger partial charge in [0.05, 0.1) is 25.4 Å². The summed E-state index contributed by atoms with van der Waals surface area (Å²) in [4.78, 5) is 12.3. The summed E-state index contributed by atoms with van der Waals surface area (Å²) in [6, 6.07) is 18.3. The van der Waals surface area contributed by atoms with Gasteiger partial charge in [0.2, 0.25) is 0 Å². The fourth-order valence-electron chi connectivity index (χ4n) is 3.08. The average molecular weight is 436 g/mol. The standard InChI is InChI=1S/C20H24N2O7S/c23-20(21-16-9-5-2-6-10-16)22-19-12-17(26-13-15-7-3-1-4-8-15)11-18(28-19)14-27-30(25)29-24/h1-10,17-19,24H,11-14H2,(H2,21,22,23)/t17-,18-,19+,30?/m0/s1. The van der Waals surface area contributed by atoms with E-state index in [4.69, 9.17) is 18.9 Å². The van der Waals surface area contributed by atoms with Crippen molar-refractivity contribution in [1.29, 1.82) is 0 Å². The van der Waals surface area contributed by atoms with Crippen LogP contribution in [0.25, 0.3) is 0 Å². The highest BCUT2D eigenvalue weighted by atomic mass is 32.2. The van der Waals surface area contributed by atoms with Crippen molar-refractivity contribution in [3.05, 3.63) is 66.2 Å². The van der Waals surface area contributed by atoms with Crippen molar-refractivity contribution in [2.45, 2.75) is 37.9 Å². The van der Waals surface area contributed by atoms with Gasteiger partial charge < -0.3 is 20.1 Å². The predicted molar refractivity (Wildman–Crippen MR) is 109 cm³/mol. The zero-order valence-corrected chi connectivity index (χ0v) is 17.0. The molecule has 3 N–H and O–H groups in total. The molecule has 162 valence electrons. The second-order valence-electron chi connectivity index (χ2n) is 6.66. The van der Waals surface area contributed by atoms with Gasteiger partial charge in [-0.1, -0.05) is 48.5 Å². The van der Waals surface area contributed by atoms with E-state index in [1.807, 2.05) is 48.5 Å². The molecular formula is C20H24N2O7S. The molecule has 9 nitrogen and oxygen atoms in total. The van der Waals surface area contributed by atoms with Crippen LogP contribution in [0, 0.1) is 0 Å². The maximum atomic E-state index is 12.3. The van der Waals surface area contributed by atoms with Gasteiger partial charge in [0.1, 0.15) is 6.23 Å². The molecule has 2 aromatic rings. The number of amides is 2. The Morgan fingerprint density at radius 2 is 1.80 bits per heavy atom. The molecule has 0 spiro atoms. The Morgan fingerprint density at radius 3 is 2.50 bits per heavy atom. The normalized spacial score (nSPS) is 22.2. The number of para-hydroxylation sites is 1. The lowest BCUT2D eigenvalue weighted by Crippen LogP contribution is -2.49. The minimum Gasteiger partial charge on any atom is -0.373 e. The molecule has 0 aliphatic carbocycles. The van der Waals surface area contributed by atoms with Crippen LogP contribution in [0.2, 0.25) is 0 Å². The van der Waals surface area contributed by atoms with E-state index in [1.165, 1.54) is 0 Å². The maximum absolute atomic E-state index is 12.3. The van der Waals surface area contributed by atoms with Crippen LogP contribution in [-0.4, -0.2) is 40.5 Å². The third kappa shape index (κ3) is 7.48. The SMILES string of the molecule is O=C(Nc1ccccc1)N[C@H]1C[C@@H](OCc2ccccc2)C[C@@H](COS(=O)OO)O1. The molecule has 4 atom stereocenters. The van der Waals surface area contributed by atoms with Gasteiger partial charge in [-0.05, 0) is 17.7 Å². The molecule has 2 aromatic carbocycles. The van der Waals surface area contributed by atoms with Crippen molar-refractivity contribution < 1.29 is 32.3 Å². The van der Waals surface area contributed by atoms with Crippen LogP contribution in [-0.2, 0) is 36.0 Å². The highest BCUT2D eigenvalue weighted by Crippen LogP contribution is 2.23. The number of nitrogens with one attached hydrogen (secondary N) is 2. The smallest absolute Gasteiger partial charge is 0.333 e. The highest BCUT2D eigenvalue weighted by Gasteiger charge is 2.32. The van der Waals surface area contributed by atoms with Crippen molar-refractivity contribution in [3.63, 3.8) is 0 Å². The fourth-order valence-corrected chi connectivity index (χ4v) is 3.39. The van der Waals surface area contributed by atoms with Crippen molar-refractivity contribution in [3.8, 4) is 0 Å². The summed E-state index contributed by atoms with van der Waals surface area (Å²) >= 11 is -2.29. The van der Waals surface area contributed by atoms with E-state index in [0.717, 1.165) is 5.56 Å². The summed E-state index contributed by atoms with van der Waals surface area (Å²) in [5.74, 6) is 0. The number of carbonyl (C=O) groups is 1. The Bertz CT molecular complexity index is 809. The molecule has 0 radical (unpaired) electrons. The second kappa shape index (κ2) is 11.7. The molecule has 0 bridgehead atoms. The zero-order valence-electron chi connectivity index (χ0n) is 16.1. The second-order valence-corrected chi connectivity index (χ2v) is 7.46. The lowest BCUT2D eigenvalue weighted by atomic mass is 10.0. The molecule has 1 unspecified atom stereocenters. The van der Waals surface area contributed by atoms with Crippen LogP contribution in [0.3, 0.4) is 0 Å². The molecule has 1 aliphatic heterocycles. The van der Waals surface area contributed by atoms with Crippen molar-refractivity contribution in [2.75, 3.05) is 11.9 Å². The summed E-state index contributed by atoms with van der Waals surface area (Å²) in [5, 5.41) is 13.9. The highest BCUT2D eigenvalue weighted by molar-refractivity contribution is 7.75. The van der Waals surface area contributed by atoms with E-state index in [1.54, 1.807) is 12.1 Å². The molecule has 10 heteroatoms. The van der Waals surface area contributed by atoms with Crippen LogP contribution >= 0.6 is 0 Å². The van der Waals surface area contributed by atoms with E-state index >= 15 is 0 Å². The van der Waals surface area contributed by atoms with Gasteiger partial charge in [-0.3, -0.25) is 4.18 Å². The topological polar surface area (TPSA) is 115 Å². The van der Waals surface area contributed by atoms with E-state index in [-0.39, 0.29) is 12.7 Å². The number of carbonyl (C=O) groups excluding carboxylic acids is 1. The number of anilines is 1. The minimum atomic E-state index is -2.29. The molecule has 0 aromatic heterocycles. The van der Waals surface area contributed by atoms with E-state index in [0.29, 0.717) is 25.1 Å². The van der Waals surface area contributed by atoms with Gasteiger partial charge in [-0.15, -0.1) is 4.33 Å². The van der Waals surface area contributed by atoms with Crippen LogP contribution in [0.4, 0.5) is 10.5 Å². The van der Waals surface area contributed by atoms with E-state index in [9.17, 15) is 9.00 Å². The monoisotopic (exact) mass is 436 g/mol. The number of urea groups is 1. The van der Waals surface area contributed by atoms with Gasteiger partial charge in [0.15, 0.2) is 0 Å². The molecule has 0 saturated carbocycles. The third-order valence-corrected chi connectivity index (χ3v) is 4.87. The van der Waals surface area contributed by atoms with Crippen LogP contribution in [0.15, 0.2) is 60.7 Å². The Labute approximate surface area is 177 Å². The Morgan fingerprint density at radius 1 is 1.10 bits per heavy atom. The average Bonchev–Trinajstić information content (AvgIpc) is 2.77. The zero-order chi connectivity index (χ0) is 21.2. The number of hydrogen-bond acceptors (Lipinski definition) is 7. The van der Waals surface area contributed by atoms with Crippen LogP contribution in [0.5, 0.6) is 0 Å². The van der Waals surface area contributed by atoms with Gasteiger partial charge in [0.25, 0.3) is 0 Å². The van der Waals surface area contributed by atoms with Gasteiger partial charge in [0, 0.05) is 18.5 Å². The summed E-state index contributed by atoms with van der Waals surface area (Å²) in [5.41, 5.74) is 1.68. The summed E-state index contributed by atoms with van der Waals surface area (Å²) in [6.07, 6.45) is -0.474. The Kier molecular flexibility index (Phi) is 8.75.